The van der Waals surface area contributed by atoms with Gasteiger partial charge in [-0.25, -0.2) is 14.4 Å². The van der Waals surface area contributed by atoms with E-state index >= 15 is 0 Å². The quantitative estimate of drug-likeness (QED) is 0.248. The van der Waals surface area contributed by atoms with Gasteiger partial charge < -0.3 is 30.5 Å². The lowest BCUT2D eigenvalue weighted by Gasteiger charge is -2.47. The fourth-order valence-corrected chi connectivity index (χ4v) is 5.25. The molecule has 12 nitrogen and oxygen atoms in total. The number of carbonyl (C=O) groups is 5. The van der Waals surface area contributed by atoms with Crippen LogP contribution in [0.3, 0.4) is 0 Å². The molecule has 3 amide bonds. The monoisotopic (exact) mass is 548 g/mol. The van der Waals surface area contributed by atoms with Crippen molar-refractivity contribution in [2.45, 2.75) is 30.1 Å². The maximum atomic E-state index is 12.8. The lowest BCUT2D eigenvalue weighted by molar-refractivity contribution is -0.192. The highest BCUT2D eigenvalue weighted by Crippen LogP contribution is 2.40. The summed E-state index contributed by atoms with van der Waals surface area (Å²) in [6.45, 7) is 4.93. The second-order valence-electron chi connectivity index (χ2n) is 8.26. The Morgan fingerprint density at radius 2 is 1.84 bits per heavy atom. The van der Waals surface area contributed by atoms with Gasteiger partial charge >= 0.3 is 24.2 Å². The molecule has 0 bridgehead atoms. The van der Waals surface area contributed by atoms with Crippen LogP contribution < -0.4 is 5.73 Å². The maximum Gasteiger partial charge on any atom is 0.490 e. The number of ether oxygens (including phenoxy) is 1. The van der Waals surface area contributed by atoms with E-state index in [9.17, 15) is 37.5 Å². The number of hydrogen-bond donors (Lipinski definition) is 3. The molecule has 4 aliphatic heterocycles. The van der Waals surface area contributed by atoms with Crippen molar-refractivity contribution in [1.29, 1.82) is 0 Å². The third-order valence-electron chi connectivity index (χ3n) is 5.88. The first kappa shape index (κ1) is 28.0. The van der Waals surface area contributed by atoms with E-state index in [0.717, 1.165) is 0 Å². The number of nitrogens with zero attached hydrogens (tertiary/aromatic N) is 3. The normalized spacial score (nSPS) is 24.6. The molecule has 0 aromatic heterocycles. The Hall–Kier alpha value is -3.53. The van der Waals surface area contributed by atoms with Crippen LogP contribution in [0.5, 0.6) is 0 Å². The minimum absolute atomic E-state index is 0.0901. The van der Waals surface area contributed by atoms with E-state index in [1.165, 1.54) is 27.6 Å². The van der Waals surface area contributed by atoms with Crippen LogP contribution in [-0.4, -0.2) is 110 Å². The van der Waals surface area contributed by atoms with Crippen molar-refractivity contribution in [3.63, 3.8) is 0 Å². The van der Waals surface area contributed by atoms with Crippen LogP contribution in [0.4, 0.5) is 18.0 Å². The predicted molar refractivity (Wildman–Crippen MR) is 121 cm³/mol. The first-order chi connectivity index (χ1) is 17.3. The van der Waals surface area contributed by atoms with Crippen LogP contribution in [0.15, 0.2) is 35.6 Å². The molecule has 0 radical (unpaired) electrons. The Balaban J connectivity index is 0.000000479. The number of carbonyl (C=O) groups excluding carboxylic acids is 3. The molecular weight excluding hydrogens is 525 g/mol. The SMILES string of the molecule is C=CCOC(=O)N1CC(N2CCC(=CC3=C(C(=O)O)N4C(=O)[C@@H](N)[C@H]4SC3)C2=O)C1.O=C(O)C(F)(F)F. The average molecular weight is 548 g/mol. The first-order valence-electron chi connectivity index (χ1n) is 10.8. The summed E-state index contributed by atoms with van der Waals surface area (Å²) < 4.78 is 36.7. The summed E-state index contributed by atoms with van der Waals surface area (Å²) in [6.07, 6.45) is -1.95. The molecule has 0 unspecified atom stereocenters. The molecule has 4 aliphatic rings. The fraction of sp³-hybridized carbons (Fsp3) is 0.476. The van der Waals surface area contributed by atoms with E-state index in [0.29, 0.717) is 43.0 Å². The van der Waals surface area contributed by atoms with Gasteiger partial charge in [0.25, 0.3) is 0 Å². The Labute approximate surface area is 212 Å². The highest BCUT2D eigenvalue weighted by Gasteiger charge is 2.51. The molecule has 4 heterocycles. The number of allylic oxidation sites excluding steroid dienone is 1. The van der Waals surface area contributed by atoms with Crippen molar-refractivity contribution in [3.05, 3.63) is 35.6 Å². The molecule has 0 spiro atoms. The van der Waals surface area contributed by atoms with E-state index in [-0.39, 0.29) is 29.6 Å². The minimum Gasteiger partial charge on any atom is -0.477 e. The summed E-state index contributed by atoms with van der Waals surface area (Å²) in [7, 11) is 0. The second kappa shape index (κ2) is 10.8. The molecule has 4 rings (SSSR count). The Morgan fingerprint density at radius 3 is 2.38 bits per heavy atom. The number of amides is 3. The summed E-state index contributed by atoms with van der Waals surface area (Å²) in [5.41, 5.74) is 6.61. The number of likely N-dealkylation sites (tertiary alicyclic amines) is 2. The predicted octanol–water partition coefficient (Wildman–Crippen LogP) is 0.366. The zero-order valence-electron chi connectivity index (χ0n) is 19.1. The van der Waals surface area contributed by atoms with Gasteiger partial charge in [0.2, 0.25) is 11.8 Å². The molecule has 3 fully saturated rings. The van der Waals surface area contributed by atoms with E-state index in [4.69, 9.17) is 20.4 Å². The van der Waals surface area contributed by atoms with E-state index in [1.807, 2.05) is 0 Å². The van der Waals surface area contributed by atoms with Crippen molar-refractivity contribution >= 4 is 41.6 Å². The van der Waals surface area contributed by atoms with Crippen LogP contribution in [0, 0.1) is 0 Å². The summed E-state index contributed by atoms with van der Waals surface area (Å²) in [6, 6.07) is -0.783. The van der Waals surface area contributed by atoms with Crippen LogP contribution in [0.1, 0.15) is 6.42 Å². The number of alkyl halides is 3. The molecular formula is C21H23F3N4O8S. The number of rotatable bonds is 5. The molecule has 2 atom stereocenters. The van der Waals surface area contributed by atoms with E-state index in [1.54, 1.807) is 11.0 Å². The van der Waals surface area contributed by atoms with Crippen molar-refractivity contribution < 1.29 is 52.1 Å². The van der Waals surface area contributed by atoms with Crippen molar-refractivity contribution in [3.8, 4) is 0 Å². The van der Waals surface area contributed by atoms with Crippen LogP contribution >= 0.6 is 11.8 Å². The molecule has 16 heteroatoms. The van der Waals surface area contributed by atoms with Gasteiger partial charge in [0, 0.05) is 31.0 Å². The lowest BCUT2D eigenvalue weighted by atomic mass is 10.0. The Kier molecular flexibility index (Phi) is 8.22. The zero-order chi connectivity index (χ0) is 27.7. The van der Waals surface area contributed by atoms with Gasteiger partial charge in [-0.05, 0) is 18.1 Å². The molecule has 37 heavy (non-hydrogen) atoms. The average Bonchev–Trinajstić information content (AvgIpc) is 3.15. The van der Waals surface area contributed by atoms with E-state index in [2.05, 4.69) is 6.58 Å². The first-order valence-corrected chi connectivity index (χ1v) is 11.8. The van der Waals surface area contributed by atoms with Gasteiger partial charge in [-0.2, -0.15) is 13.2 Å². The van der Waals surface area contributed by atoms with E-state index < -0.39 is 36.2 Å². The van der Waals surface area contributed by atoms with Crippen molar-refractivity contribution in [1.82, 2.24) is 14.7 Å². The molecule has 3 saturated heterocycles. The van der Waals surface area contributed by atoms with Gasteiger partial charge in [0.1, 0.15) is 23.7 Å². The van der Waals surface area contributed by atoms with Gasteiger partial charge in [0.15, 0.2) is 0 Å². The van der Waals surface area contributed by atoms with Crippen LogP contribution in [-0.2, 0) is 23.9 Å². The number of carboxylic acids is 2. The second-order valence-corrected chi connectivity index (χ2v) is 9.37. The number of fused-ring (bicyclic) bond motifs is 1. The molecule has 202 valence electrons. The summed E-state index contributed by atoms with van der Waals surface area (Å²) >= 11 is 1.40. The largest absolute Gasteiger partial charge is 0.490 e. The highest BCUT2D eigenvalue weighted by atomic mass is 32.2. The number of thioether (sulfide) groups is 1. The minimum atomic E-state index is -5.08. The Bertz CT molecular complexity index is 1090. The number of carboxylic acid groups (broad SMARTS) is 2. The number of β-lactam (4-membered cyclic amide) rings is 1. The third kappa shape index (κ3) is 5.74. The highest BCUT2D eigenvalue weighted by molar-refractivity contribution is 8.00. The number of hydrogen-bond acceptors (Lipinski definition) is 8. The summed E-state index contributed by atoms with van der Waals surface area (Å²) in [5.74, 6) is -4.19. The zero-order valence-corrected chi connectivity index (χ0v) is 20.0. The molecule has 0 aromatic carbocycles. The third-order valence-corrected chi connectivity index (χ3v) is 7.20. The van der Waals surface area contributed by atoms with Gasteiger partial charge in [-0.15, -0.1) is 11.8 Å². The van der Waals surface area contributed by atoms with Gasteiger partial charge in [-0.1, -0.05) is 12.7 Å². The fourth-order valence-electron chi connectivity index (χ4n) is 4.00. The number of nitrogens with two attached hydrogens (primary N) is 1. The molecule has 0 saturated carbocycles. The van der Waals surface area contributed by atoms with Crippen molar-refractivity contribution in [2.75, 3.05) is 32.0 Å². The van der Waals surface area contributed by atoms with Gasteiger partial charge in [0.05, 0.1) is 6.04 Å². The van der Waals surface area contributed by atoms with Gasteiger partial charge in [-0.3, -0.25) is 14.5 Å². The maximum absolute atomic E-state index is 12.8. The van der Waals surface area contributed by atoms with Crippen molar-refractivity contribution in [2.24, 2.45) is 5.73 Å². The smallest absolute Gasteiger partial charge is 0.477 e. The lowest BCUT2D eigenvalue weighted by Crippen LogP contribution is -2.68. The summed E-state index contributed by atoms with van der Waals surface area (Å²) in [4.78, 5) is 61.8. The Morgan fingerprint density at radius 1 is 1.22 bits per heavy atom. The topological polar surface area (TPSA) is 171 Å². The molecule has 4 N–H and O–H groups in total. The standard InChI is InChI=1S/C19H22N4O6S.C2HF3O2/c1-2-5-29-19(28)21-7-12(8-21)22-4-3-10(15(22)24)6-11-9-30-17-13(20)16(25)23(17)14(11)18(26)27;3-2(4,5)1(6)7/h2,6,12-13,17H,1,3-5,7-9,20H2,(H,26,27);(H,6,7)/t13-,17-;/m1./s1. The number of aliphatic carboxylic acids is 2. The van der Waals surface area contributed by atoms with Crippen LogP contribution in [0.2, 0.25) is 0 Å². The molecule has 0 aliphatic carbocycles. The van der Waals surface area contributed by atoms with Crippen LogP contribution in [0.25, 0.3) is 0 Å². The number of halogens is 3. The summed E-state index contributed by atoms with van der Waals surface area (Å²) in [5, 5.41) is 16.4. The molecule has 0 aromatic rings.